The first-order chi connectivity index (χ1) is 8.69. The van der Waals surface area contributed by atoms with E-state index in [1.165, 1.54) is 0 Å². The van der Waals surface area contributed by atoms with Gasteiger partial charge in [0.1, 0.15) is 5.75 Å². The summed E-state index contributed by atoms with van der Waals surface area (Å²) in [5.41, 5.74) is 1.02. The Morgan fingerprint density at radius 1 is 1.56 bits per heavy atom. The molecule has 0 spiro atoms. The Balaban J connectivity index is 1.86. The molecular formula is C13H17ClN2O2. The van der Waals surface area contributed by atoms with E-state index < -0.39 is 0 Å². The largest absolute Gasteiger partial charge is 0.496 e. The van der Waals surface area contributed by atoms with Crippen LogP contribution >= 0.6 is 11.6 Å². The summed E-state index contributed by atoms with van der Waals surface area (Å²) in [6.45, 7) is 1.44. The summed E-state index contributed by atoms with van der Waals surface area (Å²) in [6.07, 6.45) is 1.53. The van der Waals surface area contributed by atoms with Crippen molar-refractivity contribution >= 4 is 17.5 Å². The van der Waals surface area contributed by atoms with E-state index in [1.54, 1.807) is 13.2 Å². The van der Waals surface area contributed by atoms with Crippen molar-refractivity contribution in [1.29, 1.82) is 0 Å². The van der Waals surface area contributed by atoms with Crippen LogP contribution in [0.3, 0.4) is 0 Å². The Kier molecular flexibility index (Phi) is 4.44. The highest BCUT2D eigenvalue weighted by molar-refractivity contribution is 6.30. The van der Waals surface area contributed by atoms with Crippen LogP contribution in [0.15, 0.2) is 18.2 Å². The average molecular weight is 269 g/mol. The molecule has 1 fully saturated rings. The summed E-state index contributed by atoms with van der Waals surface area (Å²) in [5, 5.41) is 6.93. The third-order valence-corrected chi connectivity index (χ3v) is 3.27. The lowest BCUT2D eigenvalue weighted by Gasteiger charge is -2.13. The monoisotopic (exact) mass is 268 g/mol. The van der Waals surface area contributed by atoms with Crippen molar-refractivity contribution in [2.75, 3.05) is 13.7 Å². The van der Waals surface area contributed by atoms with Crippen molar-refractivity contribution in [2.24, 2.45) is 0 Å². The Morgan fingerprint density at radius 3 is 3.06 bits per heavy atom. The highest BCUT2D eigenvalue weighted by Gasteiger charge is 2.19. The lowest BCUT2D eigenvalue weighted by atomic mass is 10.2. The van der Waals surface area contributed by atoms with Crippen LogP contribution in [0.1, 0.15) is 18.4 Å². The molecule has 1 aliphatic rings. The number of carbonyl (C=O) groups is 1. The van der Waals surface area contributed by atoms with Gasteiger partial charge in [-0.2, -0.15) is 0 Å². The van der Waals surface area contributed by atoms with E-state index in [0.29, 0.717) is 18.0 Å². The zero-order valence-electron chi connectivity index (χ0n) is 10.3. The molecule has 0 aliphatic carbocycles. The van der Waals surface area contributed by atoms with Gasteiger partial charge in [-0.15, -0.1) is 0 Å². The van der Waals surface area contributed by atoms with Gasteiger partial charge < -0.3 is 15.4 Å². The van der Waals surface area contributed by atoms with E-state index in [4.69, 9.17) is 16.3 Å². The zero-order valence-corrected chi connectivity index (χ0v) is 11.1. The van der Waals surface area contributed by atoms with Crippen molar-refractivity contribution in [3.63, 3.8) is 0 Å². The third-order valence-electron chi connectivity index (χ3n) is 3.03. The predicted octanol–water partition coefficient (Wildman–Crippen LogP) is 1.72. The molecular weight excluding hydrogens is 252 g/mol. The SMILES string of the molecule is COc1ccc(Cl)cc1CNCC1CCC(=O)N1. The van der Waals surface area contributed by atoms with Crippen LogP contribution in [-0.4, -0.2) is 25.6 Å². The van der Waals surface area contributed by atoms with E-state index >= 15 is 0 Å². The third kappa shape index (κ3) is 3.37. The Hall–Kier alpha value is -1.26. The van der Waals surface area contributed by atoms with E-state index in [2.05, 4.69) is 10.6 Å². The maximum absolute atomic E-state index is 11.1. The topological polar surface area (TPSA) is 50.4 Å². The molecule has 5 heteroatoms. The van der Waals surface area contributed by atoms with Gasteiger partial charge in [0.25, 0.3) is 0 Å². The van der Waals surface area contributed by atoms with E-state index in [-0.39, 0.29) is 11.9 Å². The fourth-order valence-corrected chi connectivity index (χ4v) is 2.29. The Morgan fingerprint density at radius 2 is 2.39 bits per heavy atom. The average Bonchev–Trinajstić information content (AvgIpc) is 2.75. The first-order valence-electron chi connectivity index (χ1n) is 6.01. The lowest BCUT2D eigenvalue weighted by Crippen LogP contribution is -2.35. The normalized spacial score (nSPS) is 18.8. The molecule has 1 unspecified atom stereocenters. The number of ether oxygens (including phenoxy) is 1. The Labute approximate surface area is 112 Å². The highest BCUT2D eigenvalue weighted by atomic mass is 35.5. The number of halogens is 1. The number of benzene rings is 1. The molecule has 2 rings (SSSR count). The zero-order chi connectivity index (χ0) is 13.0. The fraction of sp³-hybridized carbons (Fsp3) is 0.462. The molecule has 1 aromatic rings. The minimum atomic E-state index is 0.141. The summed E-state index contributed by atoms with van der Waals surface area (Å²) in [5.74, 6) is 0.962. The molecule has 4 nitrogen and oxygen atoms in total. The number of carbonyl (C=O) groups excluding carboxylic acids is 1. The molecule has 1 saturated heterocycles. The molecule has 98 valence electrons. The van der Waals surface area contributed by atoms with E-state index in [1.807, 2.05) is 12.1 Å². The summed E-state index contributed by atoms with van der Waals surface area (Å²) >= 11 is 5.96. The maximum atomic E-state index is 11.1. The quantitative estimate of drug-likeness (QED) is 0.855. The van der Waals surface area contributed by atoms with Gasteiger partial charge in [0.15, 0.2) is 0 Å². The van der Waals surface area contributed by atoms with Crippen molar-refractivity contribution < 1.29 is 9.53 Å². The number of nitrogens with one attached hydrogen (secondary N) is 2. The van der Waals surface area contributed by atoms with E-state index in [0.717, 1.165) is 24.3 Å². The summed E-state index contributed by atoms with van der Waals surface area (Å²) in [4.78, 5) is 11.1. The number of hydrogen-bond donors (Lipinski definition) is 2. The van der Waals surface area contributed by atoms with Crippen molar-refractivity contribution in [2.45, 2.75) is 25.4 Å². The van der Waals surface area contributed by atoms with Crippen LogP contribution in [0.2, 0.25) is 5.02 Å². The van der Waals surface area contributed by atoms with Crippen LogP contribution in [0.4, 0.5) is 0 Å². The van der Waals surface area contributed by atoms with Crippen LogP contribution in [0.25, 0.3) is 0 Å². The second kappa shape index (κ2) is 6.07. The van der Waals surface area contributed by atoms with Crippen LogP contribution in [-0.2, 0) is 11.3 Å². The minimum absolute atomic E-state index is 0.141. The number of methoxy groups -OCH3 is 1. The number of hydrogen-bond acceptors (Lipinski definition) is 3. The summed E-state index contributed by atoms with van der Waals surface area (Å²) < 4.78 is 5.27. The molecule has 0 bridgehead atoms. The Bertz CT molecular complexity index is 437. The van der Waals surface area contributed by atoms with Crippen LogP contribution < -0.4 is 15.4 Å². The molecule has 0 saturated carbocycles. The first-order valence-corrected chi connectivity index (χ1v) is 6.39. The van der Waals surface area contributed by atoms with Crippen molar-refractivity contribution in [3.05, 3.63) is 28.8 Å². The molecule has 2 N–H and O–H groups in total. The molecule has 0 aromatic heterocycles. The molecule has 1 aromatic carbocycles. The maximum Gasteiger partial charge on any atom is 0.220 e. The van der Waals surface area contributed by atoms with Crippen LogP contribution in [0.5, 0.6) is 5.75 Å². The number of rotatable bonds is 5. The first kappa shape index (κ1) is 13.2. The molecule has 1 heterocycles. The summed E-state index contributed by atoms with van der Waals surface area (Å²) in [6, 6.07) is 5.79. The highest BCUT2D eigenvalue weighted by Crippen LogP contribution is 2.22. The van der Waals surface area contributed by atoms with Gasteiger partial charge in [-0.3, -0.25) is 4.79 Å². The van der Waals surface area contributed by atoms with Gasteiger partial charge in [0.2, 0.25) is 5.91 Å². The van der Waals surface area contributed by atoms with E-state index in [9.17, 15) is 4.79 Å². The van der Waals surface area contributed by atoms with Gasteiger partial charge >= 0.3 is 0 Å². The van der Waals surface area contributed by atoms with Gasteiger partial charge in [0, 0.05) is 36.1 Å². The van der Waals surface area contributed by atoms with Gasteiger partial charge in [-0.05, 0) is 24.6 Å². The van der Waals surface area contributed by atoms with Crippen molar-refractivity contribution in [1.82, 2.24) is 10.6 Å². The fourth-order valence-electron chi connectivity index (χ4n) is 2.10. The lowest BCUT2D eigenvalue weighted by molar-refractivity contribution is -0.119. The second-order valence-corrected chi connectivity index (χ2v) is 4.83. The second-order valence-electron chi connectivity index (χ2n) is 4.39. The van der Waals surface area contributed by atoms with Gasteiger partial charge in [-0.25, -0.2) is 0 Å². The smallest absolute Gasteiger partial charge is 0.220 e. The van der Waals surface area contributed by atoms with Gasteiger partial charge in [-0.1, -0.05) is 11.6 Å². The molecule has 1 aliphatic heterocycles. The summed E-state index contributed by atoms with van der Waals surface area (Å²) in [7, 11) is 1.64. The van der Waals surface area contributed by atoms with Gasteiger partial charge in [0.05, 0.1) is 7.11 Å². The molecule has 1 amide bonds. The molecule has 0 radical (unpaired) electrons. The minimum Gasteiger partial charge on any atom is -0.496 e. The van der Waals surface area contributed by atoms with Crippen LogP contribution in [0, 0.1) is 0 Å². The molecule has 18 heavy (non-hydrogen) atoms. The van der Waals surface area contributed by atoms with Crippen molar-refractivity contribution in [3.8, 4) is 5.75 Å². The predicted molar refractivity (Wildman–Crippen MR) is 70.9 cm³/mol. The standard InChI is InChI=1S/C13H17ClN2O2/c1-18-12-4-2-10(14)6-9(12)7-15-8-11-3-5-13(17)16-11/h2,4,6,11,15H,3,5,7-8H2,1H3,(H,16,17). The number of amides is 1. The molecule has 1 atom stereocenters.